The molecule has 0 aliphatic heterocycles. The summed E-state index contributed by atoms with van der Waals surface area (Å²) in [5.41, 5.74) is 1.45. The number of hydrogen-bond donors (Lipinski definition) is 1. The summed E-state index contributed by atoms with van der Waals surface area (Å²) in [4.78, 5) is 12.1. The van der Waals surface area contributed by atoms with Gasteiger partial charge in [0.2, 0.25) is 0 Å². The Morgan fingerprint density at radius 2 is 2.05 bits per heavy atom. The van der Waals surface area contributed by atoms with Crippen LogP contribution in [-0.4, -0.2) is 27.6 Å². The Morgan fingerprint density at radius 1 is 1.35 bits per heavy atom. The first-order chi connectivity index (χ1) is 9.61. The number of para-hydroxylation sites is 1. The van der Waals surface area contributed by atoms with Crippen LogP contribution in [0, 0.1) is 5.92 Å². The number of benzene rings is 1. The molecule has 0 fully saturated rings. The van der Waals surface area contributed by atoms with E-state index < -0.39 is 0 Å². The van der Waals surface area contributed by atoms with Crippen LogP contribution >= 0.6 is 11.6 Å². The number of carbonyl (C=O) groups excluding carboxylic acids is 1. The van der Waals surface area contributed by atoms with Crippen LogP contribution in [0.4, 0.5) is 0 Å². The van der Waals surface area contributed by atoms with Crippen LogP contribution < -0.4 is 5.32 Å². The summed E-state index contributed by atoms with van der Waals surface area (Å²) in [6, 6.07) is 9.63. The summed E-state index contributed by atoms with van der Waals surface area (Å²) >= 11 is 5.86. The number of carbonyl (C=O) groups is 1. The lowest BCUT2D eigenvalue weighted by molar-refractivity contribution is 0.0931. The highest BCUT2D eigenvalue weighted by Gasteiger charge is 2.17. The van der Waals surface area contributed by atoms with Gasteiger partial charge in [-0.05, 0) is 18.1 Å². The van der Waals surface area contributed by atoms with Gasteiger partial charge in [-0.1, -0.05) is 32.0 Å². The standard InChI is InChI=1S/C15H18ClN3O/c1-11(2)14(8-16)18-15(20)12-9-17-19(10-12)13-6-4-3-5-7-13/h3-7,9-11,14H,8H2,1-2H3,(H,18,20). The second kappa shape index (κ2) is 6.57. The van der Waals surface area contributed by atoms with E-state index in [0.29, 0.717) is 17.4 Å². The molecule has 1 aromatic carbocycles. The quantitative estimate of drug-likeness (QED) is 0.861. The number of alkyl halides is 1. The maximum absolute atomic E-state index is 12.1. The van der Waals surface area contributed by atoms with E-state index in [0.717, 1.165) is 5.69 Å². The molecule has 1 amide bonds. The minimum absolute atomic E-state index is 0.0377. The third-order valence-corrected chi connectivity index (χ3v) is 3.49. The van der Waals surface area contributed by atoms with Gasteiger partial charge in [0, 0.05) is 18.1 Å². The molecular formula is C15H18ClN3O. The van der Waals surface area contributed by atoms with Gasteiger partial charge in [0.15, 0.2) is 0 Å². The summed E-state index contributed by atoms with van der Waals surface area (Å²) < 4.78 is 1.68. The van der Waals surface area contributed by atoms with Gasteiger partial charge in [0.25, 0.3) is 5.91 Å². The molecular weight excluding hydrogens is 274 g/mol. The number of rotatable bonds is 5. The number of amides is 1. The monoisotopic (exact) mass is 291 g/mol. The zero-order valence-electron chi connectivity index (χ0n) is 11.6. The van der Waals surface area contributed by atoms with Gasteiger partial charge in [0.1, 0.15) is 0 Å². The zero-order chi connectivity index (χ0) is 14.5. The minimum atomic E-state index is -0.147. The van der Waals surface area contributed by atoms with Crippen molar-refractivity contribution in [3.8, 4) is 5.69 Å². The molecule has 20 heavy (non-hydrogen) atoms. The van der Waals surface area contributed by atoms with E-state index in [1.54, 1.807) is 17.1 Å². The van der Waals surface area contributed by atoms with Gasteiger partial charge in [-0.3, -0.25) is 4.79 Å². The molecule has 0 radical (unpaired) electrons. The predicted molar refractivity (Wildman–Crippen MR) is 80.4 cm³/mol. The van der Waals surface area contributed by atoms with Crippen molar-refractivity contribution in [2.24, 2.45) is 5.92 Å². The lowest BCUT2D eigenvalue weighted by Crippen LogP contribution is -2.39. The fourth-order valence-electron chi connectivity index (χ4n) is 1.80. The van der Waals surface area contributed by atoms with E-state index in [1.165, 1.54) is 0 Å². The van der Waals surface area contributed by atoms with Crippen molar-refractivity contribution in [1.29, 1.82) is 0 Å². The van der Waals surface area contributed by atoms with Crippen LogP contribution in [0.2, 0.25) is 0 Å². The van der Waals surface area contributed by atoms with Gasteiger partial charge in [-0.25, -0.2) is 4.68 Å². The second-order valence-electron chi connectivity index (χ2n) is 4.99. The number of halogens is 1. The fourth-order valence-corrected chi connectivity index (χ4v) is 2.23. The summed E-state index contributed by atoms with van der Waals surface area (Å²) in [6.07, 6.45) is 3.28. The molecule has 5 heteroatoms. The molecule has 0 bridgehead atoms. The van der Waals surface area contributed by atoms with Crippen molar-refractivity contribution in [2.75, 3.05) is 5.88 Å². The number of aromatic nitrogens is 2. The molecule has 2 rings (SSSR count). The third kappa shape index (κ3) is 3.39. The minimum Gasteiger partial charge on any atom is -0.348 e. The molecule has 106 valence electrons. The number of nitrogens with zero attached hydrogens (tertiary/aromatic N) is 2. The molecule has 2 aromatic rings. The van der Waals surface area contributed by atoms with Gasteiger partial charge in [0.05, 0.1) is 17.4 Å². The fraction of sp³-hybridized carbons (Fsp3) is 0.333. The van der Waals surface area contributed by atoms with E-state index in [9.17, 15) is 4.79 Å². The van der Waals surface area contributed by atoms with Crippen LogP contribution in [0.1, 0.15) is 24.2 Å². The zero-order valence-corrected chi connectivity index (χ0v) is 12.3. The Bertz CT molecular complexity index is 566. The number of hydrogen-bond acceptors (Lipinski definition) is 2. The first-order valence-corrected chi connectivity index (χ1v) is 7.12. The largest absolute Gasteiger partial charge is 0.348 e. The van der Waals surface area contributed by atoms with Crippen LogP contribution in [-0.2, 0) is 0 Å². The van der Waals surface area contributed by atoms with E-state index in [1.807, 2.05) is 44.2 Å². The van der Waals surface area contributed by atoms with Crippen molar-refractivity contribution in [3.63, 3.8) is 0 Å². The second-order valence-corrected chi connectivity index (χ2v) is 5.30. The molecule has 1 atom stereocenters. The summed E-state index contributed by atoms with van der Waals surface area (Å²) in [6.45, 7) is 4.06. The van der Waals surface area contributed by atoms with Crippen molar-refractivity contribution in [2.45, 2.75) is 19.9 Å². The normalized spacial score (nSPS) is 12.4. The molecule has 4 nitrogen and oxygen atoms in total. The Labute approximate surface area is 123 Å². The van der Waals surface area contributed by atoms with E-state index in [4.69, 9.17) is 11.6 Å². The Kier molecular flexibility index (Phi) is 4.79. The van der Waals surface area contributed by atoms with E-state index in [-0.39, 0.29) is 11.9 Å². The van der Waals surface area contributed by atoms with E-state index in [2.05, 4.69) is 10.4 Å². The van der Waals surface area contributed by atoms with Crippen LogP contribution in [0.3, 0.4) is 0 Å². The summed E-state index contributed by atoms with van der Waals surface area (Å²) in [7, 11) is 0. The van der Waals surface area contributed by atoms with Crippen molar-refractivity contribution >= 4 is 17.5 Å². The third-order valence-electron chi connectivity index (χ3n) is 3.15. The topological polar surface area (TPSA) is 46.9 Å². The summed E-state index contributed by atoms with van der Waals surface area (Å²) in [5, 5.41) is 7.13. The smallest absolute Gasteiger partial charge is 0.254 e. The highest BCUT2D eigenvalue weighted by molar-refractivity contribution is 6.18. The van der Waals surface area contributed by atoms with Crippen LogP contribution in [0.5, 0.6) is 0 Å². The Hall–Kier alpha value is -1.81. The average Bonchev–Trinajstić information content (AvgIpc) is 2.95. The maximum Gasteiger partial charge on any atom is 0.254 e. The predicted octanol–water partition coefficient (Wildman–Crippen LogP) is 2.87. The Morgan fingerprint density at radius 3 is 2.65 bits per heavy atom. The highest BCUT2D eigenvalue weighted by Crippen LogP contribution is 2.09. The molecule has 0 aliphatic rings. The van der Waals surface area contributed by atoms with Gasteiger partial charge in [-0.2, -0.15) is 5.10 Å². The first-order valence-electron chi connectivity index (χ1n) is 6.58. The average molecular weight is 292 g/mol. The SMILES string of the molecule is CC(C)C(CCl)NC(=O)c1cnn(-c2ccccc2)c1. The lowest BCUT2D eigenvalue weighted by Gasteiger charge is -2.19. The van der Waals surface area contributed by atoms with Gasteiger partial charge < -0.3 is 5.32 Å². The molecule has 0 spiro atoms. The highest BCUT2D eigenvalue weighted by atomic mass is 35.5. The van der Waals surface area contributed by atoms with Gasteiger partial charge >= 0.3 is 0 Å². The van der Waals surface area contributed by atoms with Gasteiger partial charge in [-0.15, -0.1) is 11.6 Å². The maximum atomic E-state index is 12.1. The van der Waals surface area contributed by atoms with Crippen LogP contribution in [0.15, 0.2) is 42.7 Å². The van der Waals surface area contributed by atoms with Crippen molar-refractivity contribution < 1.29 is 4.79 Å². The molecule has 0 aliphatic carbocycles. The van der Waals surface area contributed by atoms with Crippen molar-refractivity contribution in [1.82, 2.24) is 15.1 Å². The molecule has 0 saturated carbocycles. The molecule has 1 N–H and O–H groups in total. The first kappa shape index (κ1) is 14.6. The molecule has 1 heterocycles. The van der Waals surface area contributed by atoms with Crippen LogP contribution in [0.25, 0.3) is 5.69 Å². The molecule has 1 unspecified atom stereocenters. The van der Waals surface area contributed by atoms with Crippen molar-refractivity contribution in [3.05, 3.63) is 48.3 Å². The Balaban J connectivity index is 2.11. The number of nitrogens with one attached hydrogen (secondary N) is 1. The molecule has 1 aromatic heterocycles. The molecule has 0 saturated heterocycles. The lowest BCUT2D eigenvalue weighted by atomic mass is 10.1. The summed E-state index contributed by atoms with van der Waals surface area (Å²) in [5.74, 6) is 0.545. The van der Waals surface area contributed by atoms with E-state index >= 15 is 0 Å².